The Balaban J connectivity index is 1.51. The number of hydrogen-bond donors (Lipinski definition) is 2. The van der Waals surface area contributed by atoms with Gasteiger partial charge in [0.05, 0.1) is 12.2 Å². The summed E-state index contributed by atoms with van der Waals surface area (Å²) in [6.45, 7) is 3.21. The van der Waals surface area contributed by atoms with Gasteiger partial charge in [0, 0.05) is 38.4 Å². The molecule has 0 unspecified atom stereocenters. The SMILES string of the molecule is O=C(CN1CCN(c2ccccn2)CC1)Nc1cc(O)ccc1F. The van der Waals surface area contributed by atoms with Crippen LogP contribution in [0.3, 0.4) is 0 Å². The molecule has 0 aliphatic carbocycles. The summed E-state index contributed by atoms with van der Waals surface area (Å²) in [5, 5.41) is 11.9. The number of phenolic OH excluding ortho intramolecular Hbond substituents is 1. The number of aromatic hydroxyl groups is 1. The lowest BCUT2D eigenvalue weighted by Gasteiger charge is -2.34. The molecule has 1 saturated heterocycles. The quantitative estimate of drug-likeness (QED) is 0.893. The first-order valence-corrected chi connectivity index (χ1v) is 7.78. The van der Waals surface area contributed by atoms with E-state index in [4.69, 9.17) is 0 Å². The number of aromatic nitrogens is 1. The molecular weight excluding hydrogens is 311 g/mol. The Morgan fingerprint density at radius 1 is 1.21 bits per heavy atom. The third-order valence-electron chi connectivity index (χ3n) is 3.94. The van der Waals surface area contributed by atoms with Gasteiger partial charge in [0.25, 0.3) is 0 Å². The average molecular weight is 330 g/mol. The molecule has 1 aromatic carbocycles. The molecule has 24 heavy (non-hydrogen) atoms. The molecular formula is C17H19FN4O2. The van der Waals surface area contributed by atoms with Crippen molar-refractivity contribution in [3.8, 4) is 5.75 Å². The molecule has 1 aliphatic rings. The summed E-state index contributed by atoms with van der Waals surface area (Å²) in [7, 11) is 0. The van der Waals surface area contributed by atoms with Gasteiger partial charge >= 0.3 is 0 Å². The summed E-state index contributed by atoms with van der Waals surface area (Å²) >= 11 is 0. The highest BCUT2D eigenvalue weighted by Crippen LogP contribution is 2.20. The van der Waals surface area contributed by atoms with Crippen molar-refractivity contribution in [2.75, 3.05) is 42.9 Å². The van der Waals surface area contributed by atoms with Gasteiger partial charge in [0.1, 0.15) is 17.4 Å². The standard InChI is InChI=1S/C17H19FN4O2/c18-14-5-4-13(23)11-15(14)20-17(24)12-21-7-9-22(10-8-21)16-3-1-2-6-19-16/h1-6,11,23H,7-10,12H2,(H,20,24). The molecule has 1 aromatic heterocycles. The van der Waals surface area contributed by atoms with Gasteiger partial charge in [-0.25, -0.2) is 9.37 Å². The van der Waals surface area contributed by atoms with Crippen molar-refractivity contribution in [1.82, 2.24) is 9.88 Å². The van der Waals surface area contributed by atoms with Crippen molar-refractivity contribution in [2.45, 2.75) is 0 Å². The van der Waals surface area contributed by atoms with Gasteiger partial charge in [-0.05, 0) is 24.3 Å². The Morgan fingerprint density at radius 2 is 2.00 bits per heavy atom. The highest BCUT2D eigenvalue weighted by Gasteiger charge is 2.20. The third-order valence-corrected chi connectivity index (χ3v) is 3.94. The number of anilines is 2. The van der Waals surface area contributed by atoms with E-state index in [1.54, 1.807) is 6.20 Å². The second-order valence-corrected chi connectivity index (χ2v) is 5.66. The van der Waals surface area contributed by atoms with Crippen molar-refractivity contribution in [3.05, 3.63) is 48.4 Å². The van der Waals surface area contributed by atoms with Crippen LogP contribution in [0.25, 0.3) is 0 Å². The smallest absolute Gasteiger partial charge is 0.238 e. The van der Waals surface area contributed by atoms with E-state index in [1.165, 1.54) is 12.1 Å². The molecule has 2 heterocycles. The summed E-state index contributed by atoms with van der Waals surface area (Å²) in [5.74, 6) is -0.0222. The Kier molecular flexibility index (Phi) is 4.90. The van der Waals surface area contributed by atoms with Crippen LogP contribution in [0, 0.1) is 5.82 Å². The van der Waals surface area contributed by atoms with E-state index in [0.29, 0.717) is 0 Å². The Hall–Kier alpha value is -2.67. The number of piperazine rings is 1. The number of amides is 1. The minimum absolute atomic E-state index is 0.00729. The van der Waals surface area contributed by atoms with Crippen LogP contribution in [0.2, 0.25) is 0 Å². The van der Waals surface area contributed by atoms with Crippen LogP contribution in [0.5, 0.6) is 5.75 Å². The molecule has 3 rings (SSSR count). The van der Waals surface area contributed by atoms with Crippen molar-refractivity contribution >= 4 is 17.4 Å². The highest BCUT2D eigenvalue weighted by molar-refractivity contribution is 5.92. The van der Waals surface area contributed by atoms with Gasteiger partial charge in [-0.3, -0.25) is 9.69 Å². The summed E-state index contributed by atoms with van der Waals surface area (Å²) in [4.78, 5) is 20.6. The fourth-order valence-electron chi connectivity index (χ4n) is 2.68. The molecule has 2 N–H and O–H groups in total. The number of carbonyl (C=O) groups is 1. The van der Waals surface area contributed by atoms with Crippen molar-refractivity contribution in [1.29, 1.82) is 0 Å². The molecule has 0 saturated carbocycles. The van der Waals surface area contributed by atoms with Gasteiger partial charge in [0.2, 0.25) is 5.91 Å². The Morgan fingerprint density at radius 3 is 2.71 bits per heavy atom. The maximum atomic E-state index is 13.6. The van der Waals surface area contributed by atoms with Crippen LogP contribution >= 0.6 is 0 Å². The van der Waals surface area contributed by atoms with E-state index in [0.717, 1.165) is 38.1 Å². The molecule has 0 atom stereocenters. The van der Waals surface area contributed by atoms with Gasteiger partial charge in [-0.15, -0.1) is 0 Å². The zero-order chi connectivity index (χ0) is 16.9. The van der Waals surface area contributed by atoms with E-state index >= 15 is 0 Å². The Labute approximate surface area is 139 Å². The Bertz CT molecular complexity index is 703. The lowest BCUT2D eigenvalue weighted by molar-refractivity contribution is -0.117. The molecule has 2 aromatic rings. The van der Waals surface area contributed by atoms with Crippen LogP contribution in [0.15, 0.2) is 42.6 Å². The van der Waals surface area contributed by atoms with E-state index in [-0.39, 0.29) is 23.9 Å². The van der Waals surface area contributed by atoms with E-state index in [1.807, 2.05) is 23.1 Å². The summed E-state index contributed by atoms with van der Waals surface area (Å²) < 4.78 is 13.6. The minimum atomic E-state index is -0.568. The van der Waals surface area contributed by atoms with Gasteiger partial charge in [-0.2, -0.15) is 0 Å². The largest absolute Gasteiger partial charge is 0.508 e. The minimum Gasteiger partial charge on any atom is -0.508 e. The molecule has 0 radical (unpaired) electrons. The van der Waals surface area contributed by atoms with Gasteiger partial charge in [0.15, 0.2) is 0 Å². The van der Waals surface area contributed by atoms with E-state index in [2.05, 4.69) is 15.2 Å². The fourth-order valence-corrected chi connectivity index (χ4v) is 2.68. The normalized spacial score (nSPS) is 15.3. The number of phenols is 1. The lowest BCUT2D eigenvalue weighted by Crippen LogP contribution is -2.48. The van der Waals surface area contributed by atoms with Crippen LogP contribution in [0.1, 0.15) is 0 Å². The first-order valence-electron chi connectivity index (χ1n) is 7.78. The number of benzene rings is 1. The van der Waals surface area contributed by atoms with Crippen LogP contribution in [-0.4, -0.2) is 53.6 Å². The fraction of sp³-hybridized carbons (Fsp3) is 0.294. The number of rotatable bonds is 4. The number of carbonyl (C=O) groups excluding carboxylic acids is 1. The van der Waals surface area contributed by atoms with Crippen molar-refractivity contribution in [3.63, 3.8) is 0 Å². The second kappa shape index (κ2) is 7.27. The van der Waals surface area contributed by atoms with Crippen molar-refractivity contribution in [2.24, 2.45) is 0 Å². The maximum absolute atomic E-state index is 13.6. The average Bonchev–Trinajstić information content (AvgIpc) is 2.59. The summed E-state index contributed by atoms with van der Waals surface area (Å²) in [6, 6.07) is 9.36. The number of halogens is 1. The molecule has 7 heteroatoms. The third kappa shape index (κ3) is 3.99. The zero-order valence-electron chi connectivity index (χ0n) is 13.2. The molecule has 1 fully saturated rings. The first kappa shape index (κ1) is 16.2. The van der Waals surface area contributed by atoms with E-state index in [9.17, 15) is 14.3 Å². The van der Waals surface area contributed by atoms with E-state index < -0.39 is 5.82 Å². The number of nitrogens with zero attached hydrogens (tertiary/aromatic N) is 3. The topological polar surface area (TPSA) is 68.7 Å². The van der Waals surface area contributed by atoms with Crippen molar-refractivity contribution < 1.29 is 14.3 Å². The van der Waals surface area contributed by atoms with Gasteiger partial charge in [-0.1, -0.05) is 6.07 Å². The zero-order valence-corrected chi connectivity index (χ0v) is 13.2. The molecule has 1 amide bonds. The predicted octanol–water partition coefficient (Wildman–Crippen LogP) is 1.69. The molecule has 0 spiro atoms. The highest BCUT2D eigenvalue weighted by atomic mass is 19.1. The molecule has 6 nitrogen and oxygen atoms in total. The number of pyridine rings is 1. The van der Waals surface area contributed by atoms with Crippen LogP contribution in [0.4, 0.5) is 15.9 Å². The molecule has 126 valence electrons. The summed E-state index contributed by atoms with van der Waals surface area (Å²) in [6.07, 6.45) is 1.76. The lowest BCUT2D eigenvalue weighted by atomic mass is 10.2. The number of hydrogen-bond acceptors (Lipinski definition) is 5. The predicted molar refractivity (Wildman–Crippen MR) is 89.6 cm³/mol. The summed E-state index contributed by atoms with van der Waals surface area (Å²) in [5.41, 5.74) is -0.00729. The number of nitrogens with one attached hydrogen (secondary N) is 1. The maximum Gasteiger partial charge on any atom is 0.238 e. The molecule has 1 aliphatic heterocycles. The van der Waals surface area contributed by atoms with Crippen LogP contribution < -0.4 is 10.2 Å². The first-order chi connectivity index (χ1) is 11.6. The van der Waals surface area contributed by atoms with Crippen LogP contribution in [-0.2, 0) is 4.79 Å². The van der Waals surface area contributed by atoms with Gasteiger partial charge < -0.3 is 15.3 Å². The molecule has 0 bridgehead atoms. The second-order valence-electron chi connectivity index (χ2n) is 5.66. The monoisotopic (exact) mass is 330 g/mol.